The van der Waals surface area contributed by atoms with E-state index in [1.165, 1.54) is 238 Å². The molecule has 23 heteroatoms. The van der Waals surface area contributed by atoms with E-state index in [0.717, 1.165) is 51.9 Å². The summed E-state index contributed by atoms with van der Waals surface area (Å²) in [6.07, 6.45) is 32.6. The molecule has 0 bridgehead atoms. The normalized spacial score (nSPS) is 26.8. The van der Waals surface area contributed by atoms with Crippen molar-refractivity contribution in [3.8, 4) is 0 Å². The lowest BCUT2D eigenvalue weighted by atomic mass is 9.88. The fraction of sp³-hybridized carbons (Fsp3) is 0.936. The molecule has 23 nitrogen and oxygen atoms in total. The zero-order valence-electron chi connectivity index (χ0n) is 62.8. The maximum absolute atomic E-state index is 13.5. The minimum atomic E-state index is -3.08. The van der Waals surface area contributed by atoms with Gasteiger partial charge in [0.1, 0.15) is 67.1 Å². The molecule has 2 amide bonds. The number of hydrogen-bond donors (Lipinski definition) is 14. The predicted octanol–water partition coefficient (Wildman–Crippen LogP) is 10.6. The molecule has 3 rings (SSSR count). The van der Waals surface area contributed by atoms with Crippen LogP contribution < -0.4 is 10.6 Å². The lowest BCUT2D eigenvalue weighted by molar-refractivity contribution is -0.386. The van der Waals surface area contributed by atoms with E-state index in [2.05, 4.69) is 24.5 Å². The molecular formula is C78H146N2O21. The number of amides is 2. The van der Waals surface area contributed by atoms with Crippen molar-refractivity contribution in [2.24, 2.45) is 0 Å². The van der Waals surface area contributed by atoms with Crippen LogP contribution in [-0.4, -0.2) is 215 Å². The highest BCUT2D eigenvalue weighted by Crippen LogP contribution is 2.39. The number of nitrogens with one attached hydrogen (secondary N) is 2. The smallest absolute Gasteiger partial charge is 0.364 e. The van der Waals surface area contributed by atoms with E-state index in [9.17, 15) is 75.7 Å². The number of hydrogen-bond acceptors (Lipinski definition) is 20. The van der Waals surface area contributed by atoms with E-state index in [4.69, 9.17) is 28.4 Å². The summed E-state index contributed by atoms with van der Waals surface area (Å²) in [4.78, 5) is 38.7. The molecule has 18 atom stereocenters. The summed E-state index contributed by atoms with van der Waals surface area (Å²) in [5, 5.41) is 136. The topological polar surface area (TPSA) is 373 Å². The number of carbonyl (C=O) groups is 3. The van der Waals surface area contributed by atoms with Gasteiger partial charge in [-0.15, -0.1) is 0 Å². The molecule has 0 aromatic heterocycles. The van der Waals surface area contributed by atoms with Crippen molar-refractivity contribution in [1.29, 1.82) is 0 Å². The number of carboxylic acid groups (broad SMARTS) is 1. The third kappa shape index (κ3) is 38.2. The molecule has 3 heterocycles. The number of rotatable bonds is 64. The number of aliphatic hydroxyl groups excluding tert-OH is 11. The minimum Gasteiger partial charge on any atom is -0.477 e. The van der Waals surface area contributed by atoms with Gasteiger partial charge in [-0.05, 0) is 19.3 Å². The van der Waals surface area contributed by atoms with Gasteiger partial charge in [-0.1, -0.05) is 302 Å². The predicted molar refractivity (Wildman–Crippen MR) is 389 cm³/mol. The second kappa shape index (κ2) is 57.6. The van der Waals surface area contributed by atoms with Gasteiger partial charge < -0.3 is 100 Å². The highest BCUT2D eigenvalue weighted by molar-refractivity contribution is 5.77. The van der Waals surface area contributed by atoms with Crippen molar-refractivity contribution < 1.29 is 104 Å². The quantitative estimate of drug-likeness (QED) is 0.0199. The Labute approximate surface area is 607 Å². The summed E-state index contributed by atoms with van der Waals surface area (Å²) < 4.78 is 34.9. The van der Waals surface area contributed by atoms with Gasteiger partial charge in [-0.25, -0.2) is 4.79 Å². The maximum atomic E-state index is 13.5. The molecule has 594 valence electrons. The largest absolute Gasteiger partial charge is 0.477 e. The highest BCUT2D eigenvalue weighted by Gasteiger charge is 2.60. The number of allylic oxidation sites excluding steroid dienone is 1. The molecule has 3 aliphatic rings. The molecule has 3 fully saturated rings. The Kier molecular flexibility index (Phi) is 52.9. The number of carbonyl (C=O) groups excluding carboxylic acids is 2. The van der Waals surface area contributed by atoms with Gasteiger partial charge in [-0.2, -0.15) is 0 Å². The first kappa shape index (κ1) is 92.7. The first-order valence-corrected chi connectivity index (χ1v) is 40.6. The first-order valence-electron chi connectivity index (χ1n) is 40.6. The fourth-order valence-corrected chi connectivity index (χ4v) is 14.3. The Morgan fingerprint density at radius 2 is 0.921 bits per heavy atom. The van der Waals surface area contributed by atoms with Crippen LogP contribution in [0.2, 0.25) is 0 Å². The highest BCUT2D eigenvalue weighted by atomic mass is 16.8. The van der Waals surface area contributed by atoms with Crippen LogP contribution in [0.5, 0.6) is 0 Å². The van der Waals surface area contributed by atoms with E-state index in [1.807, 2.05) is 6.08 Å². The van der Waals surface area contributed by atoms with E-state index >= 15 is 0 Å². The molecule has 3 aliphatic heterocycles. The third-order valence-corrected chi connectivity index (χ3v) is 20.7. The summed E-state index contributed by atoms with van der Waals surface area (Å²) in [6.45, 7) is 2.19. The lowest BCUT2D eigenvalue weighted by Gasteiger charge is -2.50. The monoisotopic (exact) mass is 1450 g/mol. The Balaban J connectivity index is 1.49. The fourth-order valence-electron chi connectivity index (χ4n) is 14.3. The molecule has 3 saturated heterocycles. The SMILES string of the molecule is CCCCCCCCCCCCCCCCC/C=C/C(O)C(COC1OC(CO)C(OC2OC(CO)C(O)C(OC3(C(=O)O)CC(O)C(NC(C)=O)C(C(O)C(O)CO)O3)C2O)C(O)C1O)NC(=O)CCCCCCCCCCCCCCCCCCCCCCCCCCCCCCCC. The zero-order chi connectivity index (χ0) is 73.9. The Hall–Kier alpha value is -2.53. The Bertz CT molecular complexity index is 2070. The maximum Gasteiger partial charge on any atom is 0.364 e. The molecule has 18 unspecified atom stereocenters. The third-order valence-electron chi connectivity index (χ3n) is 20.7. The van der Waals surface area contributed by atoms with E-state index in [-0.39, 0.29) is 12.3 Å². The number of aliphatic carboxylic acids is 1. The number of aliphatic hydroxyl groups is 11. The minimum absolute atomic E-state index is 0.206. The average molecular weight is 1450 g/mol. The van der Waals surface area contributed by atoms with Crippen LogP contribution in [0.3, 0.4) is 0 Å². The summed E-state index contributed by atoms with van der Waals surface area (Å²) in [5.41, 5.74) is 0. The molecular weight excluding hydrogens is 1300 g/mol. The Morgan fingerprint density at radius 3 is 1.32 bits per heavy atom. The molecule has 0 radical (unpaired) electrons. The van der Waals surface area contributed by atoms with Crippen LogP contribution in [0.15, 0.2) is 12.2 Å². The summed E-state index contributed by atoms with van der Waals surface area (Å²) in [7, 11) is 0. The van der Waals surface area contributed by atoms with Gasteiger partial charge in [0.2, 0.25) is 11.8 Å². The van der Waals surface area contributed by atoms with E-state index in [0.29, 0.717) is 12.8 Å². The van der Waals surface area contributed by atoms with Crippen LogP contribution in [0, 0.1) is 0 Å². The van der Waals surface area contributed by atoms with Crippen LogP contribution in [-0.2, 0) is 42.8 Å². The second-order valence-electron chi connectivity index (χ2n) is 29.6. The van der Waals surface area contributed by atoms with Crippen molar-refractivity contribution >= 4 is 17.8 Å². The van der Waals surface area contributed by atoms with Crippen molar-refractivity contribution in [2.75, 3.05) is 26.4 Å². The van der Waals surface area contributed by atoms with E-state index in [1.54, 1.807) is 6.08 Å². The zero-order valence-corrected chi connectivity index (χ0v) is 62.8. The average Bonchev–Trinajstić information content (AvgIpc) is 0.756. The lowest BCUT2D eigenvalue weighted by Crippen LogP contribution is -2.70. The van der Waals surface area contributed by atoms with Crippen molar-refractivity contribution in [3.05, 3.63) is 12.2 Å². The molecule has 14 N–H and O–H groups in total. The first-order chi connectivity index (χ1) is 48.9. The number of ether oxygens (including phenoxy) is 6. The second-order valence-corrected chi connectivity index (χ2v) is 29.6. The van der Waals surface area contributed by atoms with Gasteiger partial charge >= 0.3 is 5.97 Å². The molecule has 0 spiro atoms. The van der Waals surface area contributed by atoms with E-state index < -0.39 is 155 Å². The number of carboxylic acids is 1. The number of unbranched alkanes of at least 4 members (excludes halogenated alkanes) is 44. The Morgan fingerprint density at radius 1 is 0.515 bits per heavy atom. The molecule has 0 aromatic rings. The van der Waals surface area contributed by atoms with Gasteiger partial charge in [-0.3, -0.25) is 9.59 Å². The summed E-state index contributed by atoms with van der Waals surface area (Å²) >= 11 is 0. The van der Waals surface area contributed by atoms with Gasteiger partial charge in [0.15, 0.2) is 12.6 Å². The summed E-state index contributed by atoms with van der Waals surface area (Å²) in [5.74, 6) is -6.13. The molecule has 0 aromatic carbocycles. The van der Waals surface area contributed by atoms with Gasteiger partial charge in [0.25, 0.3) is 5.79 Å². The van der Waals surface area contributed by atoms with Crippen molar-refractivity contribution in [2.45, 2.75) is 439 Å². The van der Waals surface area contributed by atoms with Crippen LogP contribution in [0.1, 0.15) is 329 Å². The van der Waals surface area contributed by atoms with Crippen LogP contribution in [0.4, 0.5) is 0 Å². The van der Waals surface area contributed by atoms with Crippen LogP contribution >= 0.6 is 0 Å². The van der Waals surface area contributed by atoms with Crippen LogP contribution in [0.25, 0.3) is 0 Å². The molecule has 0 saturated carbocycles. The molecule has 0 aliphatic carbocycles. The standard InChI is InChI=1S/C78H146N2O21/c1-4-6-8-10-12-14-16-18-20-22-23-24-25-26-27-28-29-30-31-32-33-34-36-38-40-42-44-46-48-50-52-65(88)80-59(60(85)51-49-47-45-43-41-39-37-35-21-19-17-15-13-11-9-7-5-2)57-96-75-70(92)69(91)72(64(56-83)98-75)99-76-71(93)74(68(90)63(55-82)97-76)101-78(77(94)95)53-61(86)66(79-58(3)84)73(100-78)67(89)62(87)54-81/h49,51,59-64,66-76,81-83,85-87,89-93H,4-48,50,52-57H2,1-3H3,(H,79,84)(H,80,88)(H,94,95)/b51-49+. The molecule has 101 heavy (non-hydrogen) atoms. The van der Waals surface area contributed by atoms with Gasteiger partial charge in [0.05, 0.1) is 50.7 Å². The van der Waals surface area contributed by atoms with Crippen molar-refractivity contribution in [1.82, 2.24) is 10.6 Å². The van der Waals surface area contributed by atoms with Gasteiger partial charge in [0, 0.05) is 19.8 Å². The summed E-state index contributed by atoms with van der Waals surface area (Å²) in [6, 6.07) is -2.62. The van der Waals surface area contributed by atoms with Crippen molar-refractivity contribution in [3.63, 3.8) is 0 Å².